The third-order valence-corrected chi connectivity index (χ3v) is 4.29. The van der Waals surface area contributed by atoms with Crippen LogP contribution in [0.4, 0.5) is 17.6 Å². The first kappa shape index (κ1) is 16.5. The topological polar surface area (TPSA) is 51.0 Å². The summed E-state index contributed by atoms with van der Waals surface area (Å²) in [5.74, 6) is -4.43. The molecule has 3 aromatic rings. The Hall–Kier alpha value is -2.97. The van der Waals surface area contributed by atoms with Gasteiger partial charge >= 0.3 is 0 Å². The normalized spacial score (nSPS) is 14.7. The fourth-order valence-corrected chi connectivity index (χ4v) is 2.82. The predicted molar refractivity (Wildman–Crippen MR) is 84.3 cm³/mol. The van der Waals surface area contributed by atoms with Gasteiger partial charge in [0, 0.05) is 11.8 Å². The van der Waals surface area contributed by atoms with Gasteiger partial charge in [-0.15, -0.1) is 0 Å². The van der Waals surface area contributed by atoms with Crippen molar-refractivity contribution in [2.24, 2.45) is 0 Å². The van der Waals surface area contributed by atoms with Crippen molar-refractivity contribution in [3.63, 3.8) is 0 Å². The lowest BCUT2D eigenvalue weighted by Crippen LogP contribution is -2.52. The van der Waals surface area contributed by atoms with Crippen LogP contribution >= 0.6 is 0 Å². The molecule has 1 fully saturated rings. The molecule has 1 aromatic carbocycles. The summed E-state index contributed by atoms with van der Waals surface area (Å²) in [7, 11) is 0. The SMILES string of the molecule is O=C(Cn1ncc2ncc(-c3cc(F)c(F)c(F)c3)cc21)N1CC(F)C1. The third-order valence-electron chi connectivity index (χ3n) is 4.29. The fourth-order valence-electron chi connectivity index (χ4n) is 2.82. The molecule has 5 nitrogen and oxygen atoms in total. The molecule has 0 unspecified atom stereocenters. The van der Waals surface area contributed by atoms with E-state index < -0.39 is 23.6 Å². The zero-order valence-corrected chi connectivity index (χ0v) is 13.3. The van der Waals surface area contributed by atoms with Crippen LogP contribution in [0, 0.1) is 17.5 Å². The summed E-state index contributed by atoms with van der Waals surface area (Å²) < 4.78 is 54.3. The number of hydrogen-bond acceptors (Lipinski definition) is 3. The zero-order chi connectivity index (χ0) is 18.4. The Kier molecular flexibility index (Phi) is 3.86. The molecule has 0 N–H and O–H groups in total. The monoisotopic (exact) mass is 364 g/mol. The summed E-state index contributed by atoms with van der Waals surface area (Å²) in [6.45, 7) is 0.0266. The molecule has 1 saturated heterocycles. The van der Waals surface area contributed by atoms with Gasteiger partial charge in [0.2, 0.25) is 5.91 Å². The van der Waals surface area contributed by atoms with Gasteiger partial charge in [0.1, 0.15) is 18.2 Å². The van der Waals surface area contributed by atoms with Crippen LogP contribution in [-0.2, 0) is 11.3 Å². The lowest BCUT2D eigenvalue weighted by molar-refractivity contribution is -0.139. The lowest BCUT2D eigenvalue weighted by Gasteiger charge is -2.34. The Morgan fingerprint density at radius 2 is 1.77 bits per heavy atom. The molecule has 1 aliphatic rings. The molecule has 0 bridgehead atoms. The summed E-state index contributed by atoms with van der Waals surface area (Å²) in [5.41, 5.74) is 1.41. The highest BCUT2D eigenvalue weighted by Gasteiger charge is 2.30. The highest BCUT2D eigenvalue weighted by Crippen LogP contribution is 2.26. The van der Waals surface area contributed by atoms with Crippen molar-refractivity contribution in [1.82, 2.24) is 19.7 Å². The van der Waals surface area contributed by atoms with E-state index in [1.165, 1.54) is 22.0 Å². The molecule has 9 heteroatoms. The maximum atomic E-state index is 13.5. The zero-order valence-electron chi connectivity index (χ0n) is 13.3. The van der Waals surface area contributed by atoms with E-state index in [9.17, 15) is 22.4 Å². The van der Waals surface area contributed by atoms with Crippen LogP contribution in [-0.4, -0.2) is 44.8 Å². The van der Waals surface area contributed by atoms with E-state index in [0.717, 1.165) is 12.1 Å². The summed E-state index contributed by atoms with van der Waals surface area (Å²) in [6.07, 6.45) is 1.84. The average molecular weight is 364 g/mol. The Balaban J connectivity index is 1.67. The number of rotatable bonds is 3. The standard InChI is InChI=1S/C17H12F4N4O/c18-11-6-24(7-11)16(26)8-25-15-3-10(4-22-14(15)5-23-25)9-1-12(19)17(21)13(20)2-9/h1-5,11H,6-8H2. The van der Waals surface area contributed by atoms with Crippen LogP contribution in [0.3, 0.4) is 0 Å². The number of carbonyl (C=O) groups is 1. The molecular formula is C17H12F4N4O. The van der Waals surface area contributed by atoms with E-state index in [0.29, 0.717) is 16.6 Å². The number of benzene rings is 1. The van der Waals surface area contributed by atoms with Gasteiger partial charge in [0.05, 0.1) is 24.8 Å². The van der Waals surface area contributed by atoms with Crippen LogP contribution in [0.5, 0.6) is 0 Å². The van der Waals surface area contributed by atoms with Crippen molar-refractivity contribution in [2.45, 2.75) is 12.7 Å². The summed E-state index contributed by atoms with van der Waals surface area (Å²) in [4.78, 5) is 17.6. The quantitative estimate of drug-likeness (QED) is 0.530. The third kappa shape index (κ3) is 2.79. The number of amides is 1. The summed E-state index contributed by atoms with van der Waals surface area (Å²) in [5, 5.41) is 4.08. The second-order valence-corrected chi connectivity index (χ2v) is 6.08. The first-order chi connectivity index (χ1) is 12.4. The van der Waals surface area contributed by atoms with Crippen molar-refractivity contribution < 1.29 is 22.4 Å². The molecule has 0 atom stereocenters. The van der Waals surface area contributed by atoms with Crippen molar-refractivity contribution in [3.05, 3.63) is 48.0 Å². The first-order valence-electron chi connectivity index (χ1n) is 7.80. The van der Waals surface area contributed by atoms with Gasteiger partial charge in [-0.25, -0.2) is 17.6 Å². The molecule has 2 aromatic heterocycles. The van der Waals surface area contributed by atoms with E-state index in [-0.39, 0.29) is 31.1 Å². The molecule has 1 amide bonds. The van der Waals surface area contributed by atoms with E-state index in [1.807, 2.05) is 0 Å². The van der Waals surface area contributed by atoms with Crippen molar-refractivity contribution in [3.8, 4) is 11.1 Å². The van der Waals surface area contributed by atoms with E-state index in [1.54, 1.807) is 6.07 Å². The van der Waals surface area contributed by atoms with Gasteiger partial charge < -0.3 is 4.90 Å². The van der Waals surface area contributed by atoms with Crippen LogP contribution < -0.4 is 0 Å². The molecule has 0 aliphatic carbocycles. The molecule has 134 valence electrons. The molecule has 1 aliphatic heterocycles. The van der Waals surface area contributed by atoms with E-state index in [2.05, 4.69) is 10.1 Å². The Morgan fingerprint density at radius 1 is 1.08 bits per heavy atom. The largest absolute Gasteiger partial charge is 0.335 e. The van der Waals surface area contributed by atoms with Gasteiger partial charge in [-0.2, -0.15) is 5.10 Å². The fraction of sp³-hybridized carbons (Fsp3) is 0.235. The molecule has 26 heavy (non-hydrogen) atoms. The number of halogens is 4. The van der Waals surface area contributed by atoms with Gasteiger partial charge in [0.15, 0.2) is 17.5 Å². The average Bonchev–Trinajstić information content (AvgIpc) is 2.98. The molecular weight excluding hydrogens is 352 g/mol. The maximum Gasteiger partial charge on any atom is 0.244 e. The Morgan fingerprint density at radius 3 is 2.42 bits per heavy atom. The number of nitrogens with zero attached hydrogens (tertiary/aromatic N) is 4. The highest BCUT2D eigenvalue weighted by molar-refractivity contribution is 5.83. The summed E-state index contributed by atoms with van der Waals surface area (Å²) in [6, 6.07) is 3.30. The van der Waals surface area contributed by atoms with E-state index in [4.69, 9.17) is 0 Å². The van der Waals surface area contributed by atoms with Crippen LogP contribution in [0.15, 0.2) is 30.6 Å². The second kappa shape index (κ2) is 6.08. The highest BCUT2D eigenvalue weighted by atomic mass is 19.2. The predicted octanol–water partition coefficient (Wildman–Crippen LogP) is 2.70. The van der Waals surface area contributed by atoms with Gasteiger partial charge in [-0.3, -0.25) is 14.5 Å². The minimum atomic E-state index is -1.54. The number of likely N-dealkylation sites (tertiary alicyclic amines) is 1. The number of pyridine rings is 1. The van der Waals surface area contributed by atoms with Crippen LogP contribution in [0.1, 0.15) is 0 Å². The van der Waals surface area contributed by atoms with Crippen molar-refractivity contribution in [1.29, 1.82) is 0 Å². The minimum Gasteiger partial charge on any atom is -0.335 e. The minimum absolute atomic E-state index is 0.0651. The maximum absolute atomic E-state index is 13.5. The van der Waals surface area contributed by atoms with E-state index >= 15 is 0 Å². The van der Waals surface area contributed by atoms with Gasteiger partial charge in [-0.05, 0) is 23.8 Å². The van der Waals surface area contributed by atoms with Crippen molar-refractivity contribution >= 4 is 16.9 Å². The number of fused-ring (bicyclic) bond motifs is 1. The molecule has 3 heterocycles. The van der Waals surface area contributed by atoms with Gasteiger partial charge in [0.25, 0.3) is 0 Å². The van der Waals surface area contributed by atoms with Crippen LogP contribution in [0.25, 0.3) is 22.2 Å². The molecule has 0 saturated carbocycles. The molecule has 0 spiro atoms. The molecule has 0 radical (unpaired) electrons. The number of carbonyl (C=O) groups excluding carboxylic acids is 1. The first-order valence-corrected chi connectivity index (χ1v) is 7.80. The summed E-state index contributed by atoms with van der Waals surface area (Å²) >= 11 is 0. The van der Waals surface area contributed by atoms with Gasteiger partial charge in [-0.1, -0.05) is 0 Å². The Labute approximate surface area is 144 Å². The number of aromatic nitrogens is 3. The second-order valence-electron chi connectivity index (χ2n) is 6.08. The lowest BCUT2D eigenvalue weighted by atomic mass is 10.1. The Bertz CT molecular complexity index is 990. The van der Waals surface area contributed by atoms with Crippen LogP contribution in [0.2, 0.25) is 0 Å². The van der Waals surface area contributed by atoms with Crippen molar-refractivity contribution in [2.75, 3.05) is 13.1 Å². The number of hydrogen-bond donors (Lipinski definition) is 0. The molecule has 4 rings (SSSR count). The smallest absolute Gasteiger partial charge is 0.244 e. The number of alkyl halides is 1.